The normalized spacial score (nSPS) is 11.7. The van der Waals surface area contributed by atoms with E-state index in [0.717, 1.165) is 12.8 Å². The number of aliphatic hydroxyl groups excluding tert-OH is 1. The summed E-state index contributed by atoms with van der Waals surface area (Å²) in [6, 6.07) is 0. The summed E-state index contributed by atoms with van der Waals surface area (Å²) in [4.78, 5) is 12.0. The summed E-state index contributed by atoms with van der Waals surface area (Å²) in [5.74, 6) is -0.134. The van der Waals surface area contributed by atoms with E-state index >= 15 is 0 Å². The molecule has 0 fully saturated rings. The third kappa shape index (κ3) is 84.6. The van der Waals surface area contributed by atoms with Crippen LogP contribution in [0, 0.1) is 0 Å². The molecule has 0 saturated carbocycles. The van der Waals surface area contributed by atoms with Gasteiger partial charge >= 0.3 is 5.97 Å². The number of hydrogen-bond acceptors (Lipinski definition) is 24. The van der Waals surface area contributed by atoms with Crippen molar-refractivity contribution >= 4 is 5.97 Å². The maximum atomic E-state index is 12.0. The molecule has 0 radical (unpaired) electrons. The van der Waals surface area contributed by atoms with E-state index in [0.29, 0.717) is 284 Å². The van der Waals surface area contributed by atoms with Gasteiger partial charge in [0.1, 0.15) is 6.61 Å². The highest BCUT2D eigenvalue weighted by Crippen LogP contribution is 2.15. The highest BCUT2D eigenvalue weighted by atomic mass is 16.6. The lowest BCUT2D eigenvalue weighted by molar-refractivity contribution is -0.145. The summed E-state index contributed by atoms with van der Waals surface area (Å²) in [6.07, 6.45) is 26.0. The van der Waals surface area contributed by atoms with E-state index in [1.807, 2.05) is 0 Å². The second-order valence-corrected chi connectivity index (χ2v) is 20.9. The average molecular weight is 1310 g/mol. The van der Waals surface area contributed by atoms with Crippen LogP contribution in [0.3, 0.4) is 0 Å². The van der Waals surface area contributed by atoms with Gasteiger partial charge in [-0.2, -0.15) is 0 Å². The van der Waals surface area contributed by atoms with Gasteiger partial charge in [0.15, 0.2) is 0 Å². The van der Waals surface area contributed by atoms with Crippen molar-refractivity contribution in [3.8, 4) is 0 Å². The molecule has 24 heteroatoms. The summed E-state index contributed by atoms with van der Waals surface area (Å²) in [5.41, 5.74) is 0. The molecule has 24 nitrogen and oxygen atoms in total. The molecule has 0 amide bonds. The van der Waals surface area contributed by atoms with E-state index in [1.54, 1.807) is 0 Å². The molecule has 0 unspecified atom stereocenters. The number of unbranched alkanes of at least 4 members (excludes halogenated alkanes) is 18. The zero-order chi connectivity index (χ0) is 64.4. The van der Waals surface area contributed by atoms with E-state index in [2.05, 4.69) is 6.92 Å². The Morgan fingerprint density at radius 1 is 0.189 bits per heavy atom. The first-order valence-corrected chi connectivity index (χ1v) is 34.7. The number of carbonyl (C=O) groups excluding carboxylic acids is 1. The molecule has 0 heterocycles. The van der Waals surface area contributed by atoms with Crippen molar-refractivity contribution in [1.82, 2.24) is 0 Å². The standard InChI is InChI=1S/C66H132O24/c1-2-3-4-5-6-7-8-9-10-11-12-13-14-15-16-17-18-19-20-21-66(68)90-65-64-89-63-62-88-61-60-87-59-58-86-57-56-85-55-54-84-53-52-83-51-50-82-49-48-81-47-46-80-45-44-79-43-42-78-41-40-77-39-38-76-37-36-75-35-34-74-33-32-73-31-30-72-29-28-71-27-26-70-25-24-69-23-22-67/h67H,2-65H2,1H3. The lowest BCUT2D eigenvalue weighted by Gasteiger charge is -2.09. The molecule has 0 aromatic heterocycles. The quantitative estimate of drug-likeness (QED) is 0.0453. The molecule has 0 aromatic rings. The number of aliphatic hydroxyl groups is 1. The third-order valence-corrected chi connectivity index (χ3v) is 13.2. The summed E-state index contributed by atoms with van der Waals surface area (Å²) in [6.45, 7) is 22.7. The van der Waals surface area contributed by atoms with Gasteiger partial charge in [-0.1, -0.05) is 122 Å². The zero-order valence-corrected chi connectivity index (χ0v) is 56.6. The molecule has 0 bridgehead atoms. The SMILES string of the molecule is CCCCCCCCCCCCCCCCCCCCCC(=O)OCCOCCOCCOCCOCCOCCOCCOCCOCCOCCOCCOCCOCCOCCOCCOCCOCCOCCOCCOCCOCCOCCO. The van der Waals surface area contributed by atoms with E-state index in [1.165, 1.54) is 109 Å². The second-order valence-electron chi connectivity index (χ2n) is 20.9. The van der Waals surface area contributed by atoms with Crippen molar-refractivity contribution < 1.29 is 114 Å². The number of hydrogen-bond donors (Lipinski definition) is 1. The predicted octanol–water partition coefficient (Wildman–Crippen LogP) is 7.69. The Morgan fingerprint density at radius 2 is 0.322 bits per heavy atom. The van der Waals surface area contributed by atoms with Crippen LogP contribution in [0.2, 0.25) is 0 Å². The molecule has 0 atom stereocenters. The van der Waals surface area contributed by atoms with Crippen molar-refractivity contribution in [3.05, 3.63) is 0 Å². The second kappa shape index (κ2) is 85.6. The molecule has 90 heavy (non-hydrogen) atoms. The van der Waals surface area contributed by atoms with Crippen LogP contribution in [0.25, 0.3) is 0 Å². The van der Waals surface area contributed by atoms with Gasteiger partial charge in [-0.05, 0) is 6.42 Å². The lowest BCUT2D eigenvalue weighted by Crippen LogP contribution is -2.16. The number of rotatable bonds is 85. The minimum atomic E-state index is -0.134. The Bertz CT molecular complexity index is 1270. The van der Waals surface area contributed by atoms with Crippen LogP contribution in [-0.4, -0.2) is 302 Å². The van der Waals surface area contributed by atoms with E-state index in [4.69, 9.17) is 109 Å². The summed E-state index contributed by atoms with van der Waals surface area (Å²) >= 11 is 0. The molecule has 0 aliphatic carbocycles. The maximum absolute atomic E-state index is 12.0. The molecule has 0 saturated heterocycles. The van der Waals surface area contributed by atoms with Crippen LogP contribution >= 0.6 is 0 Å². The molecule has 0 aromatic carbocycles. The summed E-state index contributed by atoms with van der Waals surface area (Å²) < 4.78 is 121. The Morgan fingerprint density at radius 3 is 0.478 bits per heavy atom. The van der Waals surface area contributed by atoms with Gasteiger partial charge in [0.05, 0.1) is 284 Å². The molecule has 540 valence electrons. The van der Waals surface area contributed by atoms with Crippen molar-refractivity contribution in [2.75, 3.05) is 291 Å². The molecule has 0 aliphatic rings. The van der Waals surface area contributed by atoms with Crippen LogP contribution < -0.4 is 0 Å². The first-order valence-electron chi connectivity index (χ1n) is 34.7. The molecule has 0 aliphatic heterocycles. The van der Waals surface area contributed by atoms with Crippen LogP contribution in [-0.2, 0) is 109 Å². The first-order chi connectivity index (χ1) is 44.8. The monoisotopic (exact) mass is 1310 g/mol. The highest BCUT2D eigenvalue weighted by molar-refractivity contribution is 5.69. The fourth-order valence-corrected chi connectivity index (χ4v) is 8.20. The Kier molecular flexibility index (Phi) is 84.3. The fourth-order valence-electron chi connectivity index (χ4n) is 8.20. The summed E-state index contributed by atoms with van der Waals surface area (Å²) in [7, 11) is 0. The van der Waals surface area contributed by atoms with Gasteiger partial charge in [0.25, 0.3) is 0 Å². The van der Waals surface area contributed by atoms with Crippen LogP contribution in [0.5, 0.6) is 0 Å². The molecule has 0 spiro atoms. The van der Waals surface area contributed by atoms with Crippen molar-refractivity contribution in [1.29, 1.82) is 0 Å². The van der Waals surface area contributed by atoms with Gasteiger partial charge in [0.2, 0.25) is 0 Å². The van der Waals surface area contributed by atoms with Crippen molar-refractivity contribution in [2.24, 2.45) is 0 Å². The van der Waals surface area contributed by atoms with Crippen LogP contribution in [0.15, 0.2) is 0 Å². The van der Waals surface area contributed by atoms with Crippen LogP contribution in [0.1, 0.15) is 135 Å². The van der Waals surface area contributed by atoms with E-state index in [-0.39, 0.29) is 19.2 Å². The van der Waals surface area contributed by atoms with Gasteiger partial charge in [0, 0.05) is 6.42 Å². The van der Waals surface area contributed by atoms with Crippen molar-refractivity contribution in [3.63, 3.8) is 0 Å². The fraction of sp³-hybridized carbons (Fsp3) is 0.985. The predicted molar refractivity (Wildman–Crippen MR) is 343 cm³/mol. The van der Waals surface area contributed by atoms with E-state index < -0.39 is 0 Å². The topological polar surface area (TPSA) is 240 Å². The largest absolute Gasteiger partial charge is 0.463 e. The van der Waals surface area contributed by atoms with Crippen molar-refractivity contribution in [2.45, 2.75) is 135 Å². The van der Waals surface area contributed by atoms with Gasteiger partial charge in [-0.25, -0.2) is 0 Å². The van der Waals surface area contributed by atoms with E-state index in [9.17, 15) is 4.79 Å². The number of esters is 1. The molecule has 1 N–H and O–H groups in total. The molecular weight excluding hydrogens is 1180 g/mol. The minimum absolute atomic E-state index is 0.0180. The first kappa shape index (κ1) is 88.6. The van der Waals surface area contributed by atoms with Gasteiger partial charge in [-0.15, -0.1) is 0 Å². The maximum Gasteiger partial charge on any atom is 0.305 e. The highest BCUT2D eigenvalue weighted by Gasteiger charge is 2.05. The number of carbonyl (C=O) groups is 1. The lowest BCUT2D eigenvalue weighted by atomic mass is 10.0. The Labute approximate surface area is 544 Å². The average Bonchev–Trinajstić information content (AvgIpc) is 3.55. The number of ether oxygens (including phenoxy) is 22. The smallest absolute Gasteiger partial charge is 0.305 e. The minimum Gasteiger partial charge on any atom is -0.463 e. The molecular formula is C66H132O24. The Balaban J connectivity index is 3.12. The zero-order valence-electron chi connectivity index (χ0n) is 56.6. The third-order valence-electron chi connectivity index (χ3n) is 13.2. The van der Waals surface area contributed by atoms with Crippen LogP contribution in [0.4, 0.5) is 0 Å². The van der Waals surface area contributed by atoms with Gasteiger partial charge < -0.3 is 109 Å². The van der Waals surface area contributed by atoms with Gasteiger partial charge in [-0.3, -0.25) is 4.79 Å². The molecule has 0 rings (SSSR count). The Hall–Kier alpha value is -1.41. The summed E-state index contributed by atoms with van der Waals surface area (Å²) in [5, 5.41) is 8.62.